The van der Waals surface area contributed by atoms with Crippen molar-refractivity contribution in [2.75, 3.05) is 0 Å². The van der Waals surface area contributed by atoms with Crippen molar-refractivity contribution in [3.8, 4) is 0 Å². The summed E-state index contributed by atoms with van der Waals surface area (Å²) in [5, 5.41) is 0. The molecule has 0 saturated carbocycles. The summed E-state index contributed by atoms with van der Waals surface area (Å²) >= 11 is 0. The second-order valence-corrected chi connectivity index (χ2v) is 4.18. The van der Waals surface area contributed by atoms with Gasteiger partial charge in [-0.15, -0.1) is 0 Å². The van der Waals surface area contributed by atoms with E-state index in [4.69, 9.17) is 0 Å². The van der Waals surface area contributed by atoms with Crippen LogP contribution in [0, 0.1) is 0 Å². The van der Waals surface area contributed by atoms with Crippen molar-refractivity contribution in [2.45, 2.75) is 6.92 Å². The number of allylic oxidation sites excluding steroid dienone is 1. The fourth-order valence-corrected chi connectivity index (χ4v) is 2.13. The van der Waals surface area contributed by atoms with Crippen molar-refractivity contribution in [3.63, 3.8) is 0 Å². The lowest BCUT2D eigenvalue weighted by molar-refractivity contribution is 1.54. The predicted molar refractivity (Wildman–Crippen MR) is 73.5 cm³/mol. The molecule has 0 amide bonds. The Morgan fingerprint density at radius 1 is 0.882 bits per heavy atom. The van der Waals surface area contributed by atoms with Crippen molar-refractivity contribution >= 4 is 23.0 Å². The van der Waals surface area contributed by atoms with Gasteiger partial charge in [-0.25, -0.2) is 0 Å². The number of aliphatic imine (C=N–C) groups is 1. The van der Waals surface area contributed by atoms with Gasteiger partial charge in [-0.1, -0.05) is 48.5 Å². The minimum atomic E-state index is 1.08. The Bertz CT molecular complexity index is 606. The molecule has 0 fully saturated rings. The maximum absolute atomic E-state index is 4.58. The van der Waals surface area contributed by atoms with Gasteiger partial charge >= 0.3 is 0 Å². The van der Waals surface area contributed by atoms with Crippen LogP contribution in [0.25, 0.3) is 11.6 Å². The Morgan fingerprint density at radius 2 is 1.59 bits per heavy atom. The molecule has 1 heteroatoms. The fourth-order valence-electron chi connectivity index (χ4n) is 2.13. The molecule has 82 valence electrons. The van der Waals surface area contributed by atoms with E-state index < -0.39 is 0 Å². The van der Waals surface area contributed by atoms with Gasteiger partial charge in [0.1, 0.15) is 0 Å². The van der Waals surface area contributed by atoms with Crippen molar-refractivity contribution in [3.05, 3.63) is 65.7 Å². The number of hydrogen-bond acceptors (Lipinski definition) is 1. The van der Waals surface area contributed by atoms with Gasteiger partial charge in [0.25, 0.3) is 0 Å². The molecule has 0 N–H and O–H groups in total. The van der Waals surface area contributed by atoms with Gasteiger partial charge in [-0.3, -0.25) is 4.99 Å². The molecule has 3 rings (SSSR count). The number of hydrogen-bond donors (Lipinski definition) is 0. The Kier molecular flexibility index (Phi) is 2.37. The third-order valence-electron chi connectivity index (χ3n) is 2.98. The summed E-state index contributed by atoms with van der Waals surface area (Å²) in [7, 11) is 0. The molecule has 17 heavy (non-hydrogen) atoms. The Hall–Kier alpha value is -2.15. The molecule has 0 unspecified atom stereocenters. The number of nitrogens with zero attached hydrogens (tertiary/aromatic N) is 1. The van der Waals surface area contributed by atoms with Crippen LogP contribution < -0.4 is 0 Å². The van der Waals surface area contributed by atoms with Crippen LogP contribution in [0.15, 0.2) is 59.6 Å². The van der Waals surface area contributed by atoms with E-state index in [-0.39, 0.29) is 0 Å². The number of fused-ring (bicyclic) bond motifs is 1. The zero-order valence-electron chi connectivity index (χ0n) is 9.72. The van der Waals surface area contributed by atoms with Gasteiger partial charge in [0.05, 0.1) is 5.69 Å². The molecule has 2 aromatic carbocycles. The monoisotopic (exact) mass is 219 g/mol. The van der Waals surface area contributed by atoms with E-state index in [0.717, 1.165) is 11.4 Å². The minimum absolute atomic E-state index is 1.08. The van der Waals surface area contributed by atoms with Crippen LogP contribution in [-0.2, 0) is 0 Å². The van der Waals surface area contributed by atoms with Gasteiger partial charge in [0, 0.05) is 16.8 Å². The summed E-state index contributed by atoms with van der Waals surface area (Å²) in [6.07, 6.45) is 2.20. The van der Waals surface area contributed by atoms with Crippen LogP contribution in [-0.4, -0.2) is 5.71 Å². The zero-order valence-corrected chi connectivity index (χ0v) is 9.72. The summed E-state index contributed by atoms with van der Waals surface area (Å²) in [6.45, 7) is 2.06. The number of para-hydroxylation sites is 1. The first kappa shape index (κ1) is 10.0. The van der Waals surface area contributed by atoms with E-state index in [0.29, 0.717) is 0 Å². The molecule has 1 heterocycles. The standard InChI is InChI=1S/C16H13N/c1-12-15(11-13-7-3-2-4-8-13)14-9-5-6-10-16(14)17-12/h2-11H,1H3. The van der Waals surface area contributed by atoms with Gasteiger partial charge in [0.15, 0.2) is 0 Å². The third-order valence-corrected chi connectivity index (χ3v) is 2.98. The SMILES string of the molecule is CC1=Nc2ccccc2C1=Cc1ccccc1. The average molecular weight is 219 g/mol. The predicted octanol–water partition coefficient (Wildman–Crippen LogP) is 4.33. The highest BCUT2D eigenvalue weighted by molar-refractivity contribution is 6.31. The molecule has 2 aromatic rings. The van der Waals surface area contributed by atoms with Gasteiger partial charge in [-0.05, 0) is 24.6 Å². The molecule has 1 aliphatic rings. The molecule has 1 aliphatic heterocycles. The lowest BCUT2D eigenvalue weighted by atomic mass is 10.0. The second-order valence-electron chi connectivity index (χ2n) is 4.18. The average Bonchev–Trinajstić information content (AvgIpc) is 2.68. The van der Waals surface area contributed by atoms with Crippen LogP contribution in [0.3, 0.4) is 0 Å². The molecule has 0 aliphatic carbocycles. The normalized spacial score (nSPS) is 15.8. The summed E-state index contributed by atoms with van der Waals surface area (Å²) in [5.74, 6) is 0. The van der Waals surface area contributed by atoms with Gasteiger partial charge < -0.3 is 0 Å². The minimum Gasteiger partial charge on any atom is -0.252 e. The molecule has 0 radical (unpaired) electrons. The lowest BCUT2D eigenvalue weighted by Crippen LogP contribution is -1.89. The molecular weight excluding hydrogens is 206 g/mol. The van der Waals surface area contributed by atoms with Crippen LogP contribution in [0.1, 0.15) is 18.1 Å². The van der Waals surface area contributed by atoms with E-state index in [1.165, 1.54) is 16.7 Å². The van der Waals surface area contributed by atoms with Crippen molar-refractivity contribution in [1.29, 1.82) is 0 Å². The maximum atomic E-state index is 4.58. The summed E-state index contributed by atoms with van der Waals surface area (Å²) in [5.41, 5.74) is 5.84. The highest BCUT2D eigenvalue weighted by Gasteiger charge is 2.16. The summed E-state index contributed by atoms with van der Waals surface area (Å²) in [6, 6.07) is 18.6. The highest BCUT2D eigenvalue weighted by Crippen LogP contribution is 2.35. The molecular formula is C16H13N. The second kappa shape index (κ2) is 4.02. The van der Waals surface area contributed by atoms with E-state index >= 15 is 0 Å². The molecule has 0 atom stereocenters. The smallest absolute Gasteiger partial charge is 0.0712 e. The number of rotatable bonds is 1. The van der Waals surface area contributed by atoms with Crippen molar-refractivity contribution in [1.82, 2.24) is 0 Å². The van der Waals surface area contributed by atoms with E-state index in [1.807, 2.05) is 12.1 Å². The largest absolute Gasteiger partial charge is 0.252 e. The molecule has 0 aromatic heterocycles. The first-order valence-electron chi connectivity index (χ1n) is 5.76. The maximum Gasteiger partial charge on any atom is 0.0712 e. The first-order valence-corrected chi connectivity index (χ1v) is 5.76. The first-order chi connectivity index (χ1) is 8.34. The highest BCUT2D eigenvalue weighted by atomic mass is 14.8. The molecule has 1 nitrogen and oxygen atoms in total. The molecule has 0 spiro atoms. The van der Waals surface area contributed by atoms with Crippen molar-refractivity contribution < 1.29 is 0 Å². The van der Waals surface area contributed by atoms with Crippen LogP contribution in [0.5, 0.6) is 0 Å². The third kappa shape index (κ3) is 1.80. The summed E-state index contributed by atoms with van der Waals surface area (Å²) < 4.78 is 0. The molecule has 0 saturated heterocycles. The topological polar surface area (TPSA) is 12.4 Å². The van der Waals surface area contributed by atoms with E-state index in [2.05, 4.69) is 60.5 Å². The van der Waals surface area contributed by atoms with Gasteiger partial charge in [-0.2, -0.15) is 0 Å². The van der Waals surface area contributed by atoms with Crippen LogP contribution in [0.4, 0.5) is 5.69 Å². The fraction of sp³-hybridized carbons (Fsp3) is 0.0625. The number of benzene rings is 2. The zero-order chi connectivity index (χ0) is 11.7. The van der Waals surface area contributed by atoms with Crippen molar-refractivity contribution in [2.24, 2.45) is 4.99 Å². The van der Waals surface area contributed by atoms with Crippen LogP contribution in [0.2, 0.25) is 0 Å². The Morgan fingerprint density at radius 3 is 2.41 bits per heavy atom. The lowest BCUT2D eigenvalue weighted by Gasteiger charge is -2.01. The van der Waals surface area contributed by atoms with Gasteiger partial charge in [0.2, 0.25) is 0 Å². The Labute approximate surface area is 101 Å². The van der Waals surface area contributed by atoms with E-state index in [1.54, 1.807) is 0 Å². The summed E-state index contributed by atoms with van der Waals surface area (Å²) in [4.78, 5) is 4.58. The van der Waals surface area contributed by atoms with E-state index in [9.17, 15) is 0 Å². The Balaban J connectivity index is 2.11. The molecule has 0 bridgehead atoms. The van der Waals surface area contributed by atoms with Crippen LogP contribution >= 0.6 is 0 Å². The quantitative estimate of drug-likeness (QED) is 0.676.